The average Bonchev–Trinajstić information content (AvgIpc) is 2.14. The van der Waals surface area contributed by atoms with Gasteiger partial charge in [0, 0.05) is 13.1 Å². The zero-order valence-electron chi connectivity index (χ0n) is 8.12. The maximum absolute atomic E-state index is 4.71. The number of hydrogen-bond donors (Lipinski definition) is 3. The number of nitrogens with zero attached hydrogens (tertiary/aromatic N) is 1. The summed E-state index contributed by atoms with van der Waals surface area (Å²) in [5.74, 6) is 0. The Morgan fingerprint density at radius 3 is 2.54 bits per heavy atom. The van der Waals surface area contributed by atoms with Crippen LogP contribution in [-0.4, -0.2) is 68.7 Å². The summed E-state index contributed by atoms with van der Waals surface area (Å²) >= 11 is 7.65. The molecule has 0 radical (unpaired) electrons. The van der Waals surface area contributed by atoms with Gasteiger partial charge in [-0.25, -0.2) is 0 Å². The molecule has 1 aliphatic rings. The van der Waals surface area contributed by atoms with Crippen molar-refractivity contribution in [1.82, 2.24) is 10.2 Å². The Bertz CT molecular complexity index is 123. The minimum atomic E-state index is 0. The molecule has 0 aromatic carbocycles. The van der Waals surface area contributed by atoms with Gasteiger partial charge in [0.15, 0.2) is 0 Å². The van der Waals surface area contributed by atoms with E-state index in [1.165, 1.54) is 26.1 Å². The van der Waals surface area contributed by atoms with Crippen molar-refractivity contribution >= 4 is 55.4 Å². The van der Waals surface area contributed by atoms with Gasteiger partial charge in [-0.1, -0.05) is 12.2 Å². The zero-order chi connectivity index (χ0) is 9.40. The van der Waals surface area contributed by atoms with Crippen LogP contribution in [0, 0.1) is 0 Å². The number of rotatable bonds is 0. The van der Waals surface area contributed by atoms with Crippen LogP contribution in [0.4, 0.5) is 0 Å². The number of thiol groups is 1. The van der Waals surface area contributed by atoms with Crippen molar-refractivity contribution in [3.05, 3.63) is 0 Å². The van der Waals surface area contributed by atoms with Crippen LogP contribution in [0.5, 0.6) is 0 Å². The van der Waals surface area contributed by atoms with E-state index in [0.29, 0.717) is 0 Å². The Labute approximate surface area is 110 Å². The molecule has 80 valence electrons. The van der Waals surface area contributed by atoms with E-state index in [0.717, 1.165) is 6.54 Å². The van der Waals surface area contributed by atoms with E-state index >= 15 is 0 Å². The fourth-order valence-corrected chi connectivity index (χ4v) is 0.981. The fraction of sp³-hybridized carbons (Fsp3) is 0.857. The normalized spacial score (nSPS) is 17.4. The van der Waals surface area contributed by atoms with Gasteiger partial charge < -0.3 is 16.0 Å². The van der Waals surface area contributed by atoms with Crippen LogP contribution in [0.25, 0.3) is 0 Å². The third kappa shape index (κ3) is 15.8. The molecule has 0 aromatic rings. The first-order chi connectivity index (χ1) is 5.63. The Morgan fingerprint density at radius 1 is 1.46 bits per heavy atom. The van der Waals surface area contributed by atoms with Crippen molar-refractivity contribution in [3.63, 3.8) is 0 Å². The van der Waals surface area contributed by atoms with Gasteiger partial charge in [0.2, 0.25) is 0 Å². The first-order valence-corrected chi connectivity index (χ1v) is 4.86. The van der Waals surface area contributed by atoms with E-state index in [4.69, 9.17) is 5.73 Å². The Kier molecular flexibility index (Phi) is 14.1. The van der Waals surface area contributed by atoms with E-state index in [9.17, 15) is 0 Å². The molecule has 0 amide bonds. The number of nitrogens with two attached hydrogens (primary N) is 1. The third-order valence-electron chi connectivity index (χ3n) is 1.56. The number of likely N-dealkylation sites (N-methyl/N-ethyl adjacent to an activating group) is 1. The summed E-state index contributed by atoms with van der Waals surface area (Å²) in [6.07, 6.45) is 1.30. The SMILES string of the molecule is CN1CCCNCC1.NC(=S)S.[BiH3]. The van der Waals surface area contributed by atoms with Crippen molar-refractivity contribution in [3.8, 4) is 0 Å². The van der Waals surface area contributed by atoms with E-state index < -0.39 is 0 Å². The van der Waals surface area contributed by atoms with E-state index in [2.05, 4.69) is 42.1 Å². The summed E-state index contributed by atoms with van der Waals surface area (Å²) in [6, 6.07) is 0. The molecule has 0 unspecified atom stereocenters. The van der Waals surface area contributed by atoms with Crippen LogP contribution in [0.15, 0.2) is 0 Å². The predicted octanol–water partition coefficient (Wildman–Crippen LogP) is -1.11. The van der Waals surface area contributed by atoms with Crippen LogP contribution in [0.3, 0.4) is 0 Å². The Hall–Kier alpha value is 1.04. The molecule has 0 aromatic heterocycles. The Balaban J connectivity index is 0. The predicted molar refractivity (Wildman–Crippen MR) is 70.7 cm³/mol. The molecule has 6 heteroatoms. The van der Waals surface area contributed by atoms with Gasteiger partial charge in [-0.05, 0) is 26.6 Å². The van der Waals surface area contributed by atoms with Gasteiger partial charge in [0.25, 0.3) is 0 Å². The molecule has 1 saturated heterocycles. The molecule has 0 spiro atoms. The minimum absolute atomic E-state index is 0. The molecule has 13 heavy (non-hydrogen) atoms. The summed E-state index contributed by atoms with van der Waals surface area (Å²) in [5.41, 5.74) is 4.71. The van der Waals surface area contributed by atoms with Crippen LogP contribution < -0.4 is 11.1 Å². The summed E-state index contributed by atoms with van der Waals surface area (Å²) in [6.45, 7) is 4.83. The van der Waals surface area contributed by atoms with Crippen molar-refractivity contribution in [2.45, 2.75) is 6.42 Å². The third-order valence-corrected chi connectivity index (χ3v) is 1.56. The van der Waals surface area contributed by atoms with Crippen molar-refractivity contribution in [2.75, 3.05) is 33.2 Å². The molecular weight excluding hydrogens is 399 g/mol. The molecular formula is C7H20BiN3S2. The summed E-state index contributed by atoms with van der Waals surface area (Å²) in [4.78, 5) is 2.36. The monoisotopic (exact) mass is 419 g/mol. The molecule has 0 saturated carbocycles. The van der Waals surface area contributed by atoms with Gasteiger partial charge >= 0.3 is 26.2 Å². The van der Waals surface area contributed by atoms with Gasteiger partial charge in [0.1, 0.15) is 4.32 Å². The summed E-state index contributed by atoms with van der Waals surface area (Å²) in [7, 11) is 2.17. The molecule has 1 rings (SSSR count). The van der Waals surface area contributed by atoms with Gasteiger partial charge in [0.05, 0.1) is 0 Å². The first-order valence-electron chi connectivity index (χ1n) is 4.00. The second-order valence-electron chi connectivity index (χ2n) is 2.75. The second-order valence-corrected chi connectivity index (χ2v) is 3.97. The fourth-order valence-electron chi connectivity index (χ4n) is 0.981. The number of nitrogens with one attached hydrogen (secondary N) is 1. The quantitative estimate of drug-likeness (QED) is 0.265. The molecule has 1 heterocycles. The molecule has 1 aliphatic heterocycles. The summed E-state index contributed by atoms with van der Waals surface area (Å²) < 4.78 is 0.194. The van der Waals surface area contributed by atoms with Gasteiger partial charge in [-0.3, -0.25) is 0 Å². The average molecular weight is 419 g/mol. The van der Waals surface area contributed by atoms with E-state index in [-0.39, 0.29) is 30.5 Å². The molecule has 3 nitrogen and oxygen atoms in total. The van der Waals surface area contributed by atoms with Gasteiger partial charge in [-0.2, -0.15) is 0 Å². The second kappa shape index (κ2) is 11.1. The number of hydrogen-bond acceptors (Lipinski definition) is 3. The van der Waals surface area contributed by atoms with Gasteiger partial charge in [-0.15, -0.1) is 12.6 Å². The van der Waals surface area contributed by atoms with Crippen molar-refractivity contribution in [1.29, 1.82) is 0 Å². The van der Waals surface area contributed by atoms with Crippen LogP contribution in [-0.2, 0) is 0 Å². The molecule has 0 atom stereocenters. The number of thiocarbonyl (C=S) groups is 1. The van der Waals surface area contributed by atoms with E-state index in [1.807, 2.05) is 0 Å². The van der Waals surface area contributed by atoms with Crippen molar-refractivity contribution < 1.29 is 0 Å². The standard InChI is InChI=1S/C6H14N2.CH3NS2.Bi.3H/c1-8-5-2-3-7-4-6-8;2-1(3)4;;;;/h7H,2-6H2,1H3;(H3,2,3,4);;;;. The van der Waals surface area contributed by atoms with Crippen LogP contribution in [0.2, 0.25) is 0 Å². The molecule has 0 aliphatic carbocycles. The topological polar surface area (TPSA) is 41.3 Å². The molecule has 1 fully saturated rings. The maximum atomic E-state index is 4.71. The first kappa shape index (κ1) is 16.5. The molecule has 3 N–H and O–H groups in total. The van der Waals surface area contributed by atoms with E-state index in [1.54, 1.807) is 0 Å². The van der Waals surface area contributed by atoms with Crippen LogP contribution >= 0.6 is 24.8 Å². The van der Waals surface area contributed by atoms with Crippen LogP contribution in [0.1, 0.15) is 6.42 Å². The molecule has 0 bridgehead atoms. The van der Waals surface area contributed by atoms with Crippen molar-refractivity contribution in [2.24, 2.45) is 5.73 Å². The summed E-state index contributed by atoms with van der Waals surface area (Å²) in [5, 5.41) is 3.34. The zero-order valence-corrected chi connectivity index (χ0v) is 15.3. The Morgan fingerprint density at radius 2 is 2.00 bits per heavy atom.